The third-order valence-electron chi connectivity index (χ3n) is 3.88. The SMILES string of the molecule is CC(C)NC(N)=NCC1(c2cccc(F)c2)CCOCC1. The van der Waals surface area contributed by atoms with Crippen molar-refractivity contribution in [3.8, 4) is 0 Å². The van der Waals surface area contributed by atoms with Crippen molar-refractivity contribution in [2.24, 2.45) is 10.7 Å². The van der Waals surface area contributed by atoms with E-state index in [0.717, 1.165) is 18.4 Å². The van der Waals surface area contributed by atoms with E-state index in [0.29, 0.717) is 25.7 Å². The first-order chi connectivity index (χ1) is 10.0. The van der Waals surface area contributed by atoms with E-state index in [1.165, 1.54) is 6.07 Å². The predicted molar refractivity (Wildman–Crippen MR) is 82.9 cm³/mol. The van der Waals surface area contributed by atoms with E-state index in [-0.39, 0.29) is 17.3 Å². The Kier molecular flexibility index (Phi) is 5.17. The van der Waals surface area contributed by atoms with Crippen molar-refractivity contribution in [3.63, 3.8) is 0 Å². The van der Waals surface area contributed by atoms with Crippen LogP contribution in [0.4, 0.5) is 4.39 Å². The highest BCUT2D eigenvalue weighted by atomic mass is 19.1. The average molecular weight is 293 g/mol. The second-order valence-corrected chi connectivity index (χ2v) is 5.90. The normalized spacial score (nSPS) is 18.8. The molecule has 0 bridgehead atoms. The first kappa shape index (κ1) is 15.8. The second kappa shape index (κ2) is 6.89. The molecule has 2 rings (SSSR count). The molecule has 0 aromatic heterocycles. The number of nitrogens with two attached hydrogens (primary N) is 1. The predicted octanol–water partition coefficient (Wildman–Crippen LogP) is 2.19. The molecule has 0 unspecified atom stereocenters. The van der Waals surface area contributed by atoms with Crippen molar-refractivity contribution in [1.82, 2.24) is 5.32 Å². The summed E-state index contributed by atoms with van der Waals surface area (Å²) in [5, 5.41) is 3.08. The largest absolute Gasteiger partial charge is 0.381 e. The fourth-order valence-corrected chi connectivity index (χ4v) is 2.70. The zero-order chi connectivity index (χ0) is 15.3. The van der Waals surface area contributed by atoms with Gasteiger partial charge in [-0.3, -0.25) is 4.99 Å². The number of nitrogens with zero attached hydrogens (tertiary/aromatic N) is 1. The molecule has 0 saturated carbocycles. The van der Waals surface area contributed by atoms with Crippen LogP contribution in [0.3, 0.4) is 0 Å². The van der Waals surface area contributed by atoms with Crippen molar-refractivity contribution in [2.45, 2.75) is 38.1 Å². The van der Waals surface area contributed by atoms with Gasteiger partial charge in [-0.1, -0.05) is 12.1 Å². The molecular weight excluding hydrogens is 269 g/mol. The molecule has 0 radical (unpaired) electrons. The van der Waals surface area contributed by atoms with E-state index >= 15 is 0 Å². The molecule has 5 heteroatoms. The molecule has 116 valence electrons. The van der Waals surface area contributed by atoms with Gasteiger partial charge in [0.1, 0.15) is 5.82 Å². The Balaban J connectivity index is 2.21. The topological polar surface area (TPSA) is 59.6 Å². The molecule has 0 spiro atoms. The lowest BCUT2D eigenvalue weighted by atomic mass is 9.74. The van der Waals surface area contributed by atoms with Crippen molar-refractivity contribution in [2.75, 3.05) is 19.8 Å². The second-order valence-electron chi connectivity index (χ2n) is 5.90. The summed E-state index contributed by atoms with van der Waals surface area (Å²) in [4.78, 5) is 4.47. The van der Waals surface area contributed by atoms with Crippen LogP contribution in [-0.2, 0) is 10.2 Å². The van der Waals surface area contributed by atoms with Gasteiger partial charge in [0.05, 0.1) is 6.54 Å². The van der Waals surface area contributed by atoms with Crippen LogP contribution >= 0.6 is 0 Å². The van der Waals surface area contributed by atoms with E-state index in [2.05, 4.69) is 10.3 Å². The summed E-state index contributed by atoms with van der Waals surface area (Å²) in [6.45, 7) is 5.91. The van der Waals surface area contributed by atoms with Crippen LogP contribution in [0.1, 0.15) is 32.3 Å². The minimum Gasteiger partial charge on any atom is -0.381 e. The monoisotopic (exact) mass is 293 g/mol. The highest BCUT2D eigenvalue weighted by Crippen LogP contribution is 2.35. The van der Waals surface area contributed by atoms with Crippen molar-refractivity contribution >= 4 is 5.96 Å². The van der Waals surface area contributed by atoms with Crippen molar-refractivity contribution < 1.29 is 9.13 Å². The Morgan fingerprint density at radius 2 is 2.14 bits per heavy atom. The standard InChI is InChI=1S/C16H24FN3O/c1-12(2)20-15(18)19-11-16(6-8-21-9-7-16)13-4-3-5-14(17)10-13/h3-5,10,12H,6-9,11H2,1-2H3,(H3,18,19,20). The Morgan fingerprint density at radius 1 is 1.43 bits per heavy atom. The maximum Gasteiger partial charge on any atom is 0.188 e. The van der Waals surface area contributed by atoms with Crippen LogP contribution in [0.5, 0.6) is 0 Å². The first-order valence-electron chi connectivity index (χ1n) is 7.42. The van der Waals surface area contributed by atoms with Gasteiger partial charge in [0.25, 0.3) is 0 Å². The average Bonchev–Trinajstić information content (AvgIpc) is 2.45. The fourth-order valence-electron chi connectivity index (χ4n) is 2.70. The summed E-state index contributed by atoms with van der Waals surface area (Å²) in [5.74, 6) is 0.225. The van der Waals surface area contributed by atoms with Crippen LogP contribution in [-0.4, -0.2) is 31.8 Å². The van der Waals surface area contributed by atoms with E-state index in [4.69, 9.17) is 10.5 Å². The van der Waals surface area contributed by atoms with Gasteiger partial charge in [0.15, 0.2) is 5.96 Å². The third-order valence-corrected chi connectivity index (χ3v) is 3.88. The summed E-state index contributed by atoms with van der Waals surface area (Å²) in [5.41, 5.74) is 6.68. The molecule has 1 aliphatic heterocycles. The maximum atomic E-state index is 13.6. The molecule has 0 aliphatic carbocycles. The van der Waals surface area contributed by atoms with Gasteiger partial charge in [-0.25, -0.2) is 4.39 Å². The molecule has 1 aliphatic rings. The maximum absolute atomic E-state index is 13.6. The summed E-state index contributed by atoms with van der Waals surface area (Å²) in [6.07, 6.45) is 1.66. The molecule has 0 amide bonds. The van der Waals surface area contributed by atoms with Crippen molar-refractivity contribution in [3.05, 3.63) is 35.6 Å². The van der Waals surface area contributed by atoms with E-state index in [9.17, 15) is 4.39 Å². The molecule has 4 nitrogen and oxygen atoms in total. The Labute approximate surface area is 125 Å². The van der Waals surface area contributed by atoms with Crippen LogP contribution in [0, 0.1) is 5.82 Å². The number of guanidine groups is 1. The summed E-state index contributed by atoms with van der Waals surface area (Å²) >= 11 is 0. The minimum atomic E-state index is -0.212. The molecule has 1 saturated heterocycles. The van der Waals surface area contributed by atoms with Gasteiger partial charge in [-0.2, -0.15) is 0 Å². The Hall–Kier alpha value is -1.62. The number of halogens is 1. The van der Waals surface area contributed by atoms with Gasteiger partial charge in [-0.15, -0.1) is 0 Å². The number of hydrogen-bond acceptors (Lipinski definition) is 2. The summed E-state index contributed by atoms with van der Waals surface area (Å²) < 4.78 is 19.0. The van der Waals surface area contributed by atoms with E-state index in [1.807, 2.05) is 19.9 Å². The number of nitrogens with one attached hydrogen (secondary N) is 1. The highest BCUT2D eigenvalue weighted by molar-refractivity contribution is 5.78. The van der Waals surface area contributed by atoms with Gasteiger partial charge < -0.3 is 15.8 Å². The van der Waals surface area contributed by atoms with Gasteiger partial charge >= 0.3 is 0 Å². The van der Waals surface area contributed by atoms with E-state index in [1.54, 1.807) is 12.1 Å². The smallest absolute Gasteiger partial charge is 0.188 e. The molecule has 1 aromatic rings. The summed E-state index contributed by atoms with van der Waals surface area (Å²) in [7, 11) is 0. The van der Waals surface area contributed by atoms with Gasteiger partial charge in [0, 0.05) is 24.7 Å². The number of hydrogen-bond donors (Lipinski definition) is 2. The zero-order valence-corrected chi connectivity index (χ0v) is 12.7. The lowest BCUT2D eigenvalue weighted by molar-refractivity contribution is 0.0530. The summed E-state index contributed by atoms with van der Waals surface area (Å²) in [6, 6.07) is 7.03. The van der Waals surface area contributed by atoms with Crippen molar-refractivity contribution in [1.29, 1.82) is 0 Å². The van der Waals surface area contributed by atoms with E-state index < -0.39 is 0 Å². The minimum absolute atomic E-state index is 0.191. The molecule has 3 N–H and O–H groups in total. The Morgan fingerprint density at radius 3 is 2.76 bits per heavy atom. The molecule has 1 heterocycles. The molecule has 21 heavy (non-hydrogen) atoms. The fraction of sp³-hybridized carbons (Fsp3) is 0.562. The van der Waals surface area contributed by atoms with Gasteiger partial charge in [0.2, 0.25) is 0 Å². The lowest BCUT2D eigenvalue weighted by Gasteiger charge is -2.36. The quantitative estimate of drug-likeness (QED) is 0.661. The molecule has 0 atom stereocenters. The number of rotatable bonds is 4. The Bertz CT molecular complexity index is 496. The first-order valence-corrected chi connectivity index (χ1v) is 7.42. The van der Waals surface area contributed by atoms with Crippen LogP contribution in [0.2, 0.25) is 0 Å². The zero-order valence-electron chi connectivity index (χ0n) is 12.7. The van der Waals surface area contributed by atoms with Crippen LogP contribution in [0.15, 0.2) is 29.3 Å². The highest BCUT2D eigenvalue weighted by Gasteiger charge is 2.34. The molecule has 1 fully saturated rings. The lowest BCUT2D eigenvalue weighted by Crippen LogP contribution is -2.41. The number of ether oxygens (including phenoxy) is 1. The third kappa shape index (κ3) is 4.17. The van der Waals surface area contributed by atoms with Crippen LogP contribution < -0.4 is 11.1 Å². The molecule has 1 aromatic carbocycles. The number of aliphatic imine (C=N–C) groups is 1. The van der Waals surface area contributed by atoms with Gasteiger partial charge in [-0.05, 0) is 44.4 Å². The molecular formula is C16H24FN3O. The van der Waals surface area contributed by atoms with Crippen LogP contribution in [0.25, 0.3) is 0 Å². The number of benzene rings is 1.